The van der Waals surface area contributed by atoms with Crippen LogP contribution in [0.5, 0.6) is 0 Å². The number of halogens is 3. The highest BCUT2D eigenvalue weighted by Crippen LogP contribution is 2.35. The van der Waals surface area contributed by atoms with Gasteiger partial charge in [-0.3, -0.25) is 9.69 Å². The van der Waals surface area contributed by atoms with Crippen LogP contribution >= 0.6 is 0 Å². The minimum absolute atomic E-state index is 0.0576. The monoisotopic (exact) mass is 464 g/mol. The van der Waals surface area contributed by atoms with Gasteiger partial charge in [0, 0.05) is 25.8 Å². The molecule has 9 nitrogen and oxygen atoms in total. The van der Waals surface area contributed by atoms with Crippen molar-refractivity contribution >= 4 is 23.5 Å². The second-order valence-electron chi connectivity index (χ2n) is 8.24. The van der Waals surface area contributed by atoms with E-state index in [-0.39, 0.29) is 35.3 Å². The Labute approximate surface area is 187 Å². The molecule has 1 amide bonds. The first-order chi connectivity index (χ1) is 15.6. The van der Waals surface area contributed by atoms with Crippen molar-refractivity contribution in [3.05, 3.63) is 47.3 Å². The Bertz CT molecular complexity index is 1080. The summed E-state index contributed by atoms with van der Waals surface area (Å²) < 4.78 is 46.6. The highest BCUT2D eigenvalue weighted by Gasteiger charge is 2.46. The van der Waals surface area contributed by atoms with E-state index in [1.165, 1.54) is 24.4 Å². The number of fused-ring (bicyclic) bond motifs is 1. The van der Waals surface area contributed by atoms with Crippen LogP contribution in [0.25, 0.3) is 0 Å². The highest BCUT2D eigenvalue weighted by molar-refractivity contribution is 6.11. The summed E-state index contributed by atoms with van der Waals surface area (Å²) in [6.45, 7) is 4.87. The Balaban J connectivity index is 1.71. The number of anilines is 2. The number of ketones is 1. The minimum atomic E-state index is -4.79. The van der Waals surface area contributed by atoms with Crippen molar-refractivity contribution in [3.63, 3.8) is 0 Å². The van der Waals surface area contributed by atoms with E-state index >= 15 is 0 Å². The standard InChI is InChI=1S/C21H23F3N6O3/c1-11(2)18-14-10-29(8-9-30(14)20(32)33-18)15-6-5-13(21(22,23)24)16(27-15)17(31)12-4-3-7-26-19(12)28-25/h3-7,11,14,18H,8-10,25H2,1-2H3,(H,26,28). The first kappa shape index (κ1) is 22.8. The summed E-state index contributed by atoms with van der Waals surface area (Å²) in [4.78, 5) is 36.7. The molecule has 0 bridgehead atoms. The highest BCUT2D eigenvalue weighted by atomic mass is 19.4. The first-order valence-corrected chi connectivity index (χ1v) is 10.4. The maximum Gasteiger partial charge on any atom is 0.418 e. The summed E-state index contributed by atoms with van der Waals surface area (Å²) in [5.74, 6) is 4.63. The van der Waals surface area contributed by atoms with Crippen LogP contribution in [0.1, 0.15) is 35.5 Å². The normalized spacial score (nSPS) is 20.6. The maximum absolute atomic E-state index is 13.7. The number of nitrogens with one attached hydrogen (secondary N) is 1. The van der Waals surface area contributed by atoms with E-state index in [1.807, 2.05) is 13.8 Å². The van der Waals surface area contributed by atoms with E-state index < -0.39 is 29.3 Å². The molecule has 2 atom stereocenters. The fraction of sp³-hybridized carbons (Fsp3) is 0.429. The Morgan fingerprint density at radius 2 is 2.03 bits per heavy atom. The number of carbonyl (C=O) groups is 2. The molecule has 12 heteroatoms. The zero-order chi connectivity index (χ0) is 23.9. The molecule has 0 spiro atoms. The third-order valence-electron chi connectivity index (χ3n) is 5.84. The zero-order valence-corrected chi connectivity index (χ0v) is 18.0. The summed E-state index contributed by atoms with van der Waals surface area (Å²) in [5.41, 5.74) is 0.198. The van der Waals surface area contributed by atoms with E-state index in [9.17, 15) is 22.8 Å². The molecule has 2 aromatic rings. The van der Waals surface area contributed by atoms with Crippen LogP contribution in [0, 0.1) is 5.92 Å². The largest absolute Gasteiger partial charge is 0.444 e. The number of hydrazine groups is 1. The summed E-state index contributed by atoms with van der Waals surface area (Å²) in [6.07, 6.45) is -4.17. The van der Waals surface area contributed by atoms with Gasteiger partial charge in [0.15, 0.2) is 5.82 Å². The second kappa shape index (κ2) is 8.50. The van der Waals surface area contributed by atoms with Crippen molar-refractivity contribution in [1.82, 2.24) is 14.9 Å². The number of carbonyl (C=O) groups excluding carboxylic acids is 2. The molecular weight excluding hydrogens is 441 g/mol. The average molecular weight is 464 g/mol. The van der Waals surface area contributed by atoms with Crippen molar-refractivity contribution in [2.75, 3.05) is 30.0 Å². The summed E-state index contributed by atoms with van der Waals surface area (Å²) >= 11 is 0. The van der Waals surface area contributed by atoms with E-state index in [2.05, 4.69) is 15.4 Å². The molecule has 176 valence electrons. The molecule has 0 aliphatic carbocycles. The van der Waals surface area contributed by atoms with Crippen molar-refractivity contribution in [2.45, 2.75) is 32.2 Å². The molecule has 4 rings (SSSR count). The van der Waals surface area contributed by atoms with Gasteiger partial charge in [0.05, 0.1) is 17.2 Å². The quantitative estimate of drug-likeness (QED) is 0.395. The Morgan fingerprint density at radius 3 is 2.70 bits per heavy atom. The number of pyridine rings is 2. The van der Waals surface area contributed by atoms with Gasteiger partial charge in [0.2, 0.25) is 5.78 Å². The molecule has 0 radical (unpaired) electrons. The van der Waals surface area contributed by atoms with Crippen molar-refractivity contribution < 1.29 is 27.5 Å². The van der Waals surface area contributed by atoms with Crippen LogP contribution in [0.15, 0.2) is 30.5 Å². The topological polar surface area (TPSA) is 114 Å². The van der Waals surface area contributed by atoms with Gasteiger partial charge < -0.3 is 15.1 Å². The second-order valence-corrected chi connectivity index (χ2v) is 8.24. The summed E-state index contributed by atoms with van der Waals surface area (Å²) in [7, 11) is 0. The van der Waals surface area contributed by atoms with Gasteiger partial charge in [-0.2, -0.15) is 13.2 Å². The molecule has 33 heavy (non-hydrogen) atoms. The number of aromatic nitrogens is 2. The third-order valence-corrected chi connectivity index (χ3v) is 5.84. The number of hydrogen-bond donors (Lipinski definition) is 2. The number of cyclic esters (lactones) is 1. The lowest BCUT2D eigenvalue weighted by Crippen LogP contribution is -2.55. The maximum atomic E-state index is 13.7. The number of alkyl halides is 3. The average Bonchev–Trinajstić information content (AvgIpc) is 3.13. The summed E-state index contributed by atoms with van der Waals surface area (Å²) in [5, 5.41) is 0. The number of nitrogens with two attached hydrogens (primary N) is 1. The first-order valence-electron chi connectivity index (χ1n) is 10.4. The van der Waals surface area contributed by atoms with Gasteiger partial charge in [-0.05, 0) is 30.2 Å². The van der Waals surface area contributed by atoms with Crippen LogP contribution < -0.4 is 16.2 Å². The van der Waals surface area contributed by atoms with Crippen LogP contribution in [0.2, 0.25) is 0 Å². The molecule has 0 saturated carbocycles. The van der Waals surface area contributed by atoms with Crippen molar-refractivity contribution in [3.8, 4) is 0 Å². The van der Waals surface area contributed by atoms with Crippen molar-refractivity contribution in [1.29, 1.82) is 0 Å². The number of ether oxygens (including phenoxy) is 1. The SMILES string of the molecule is CC(C)C1OC(=O)N2CCN(c3ccc(C(F)(F)F)c(C(=O)c4cccnc4NN)n3)CC12. The molecular formula is C21H23F3N6O3. The van der Waals surface area contributed by atoms with E-state index in [0.29, 0.717) is 19.6 Å². The Morgan fingerprint density at radius 1 is 1.27 bits per heavy atom. The van der Waals surface area contributed by atoms with E-state index in [4.69, 9.17) is 10.6 Å². The van der Waals surface area contributed by atoms with Crippen LogP contribution in [0.4, 0.5) is 29.6 Å². The third kappa shape index (κ3) is 4.17. The molecule has 3 N–H and O–H groups in total. The number of nitrogen functional groups attached to an aromatic ring is 1. The number of nitrogens with zero attached hydrogens (tertiary/aromatic N) is 4. The summed E-state index contributed by atoms with van der Waals surface area (Å²) in [6, 6.07) is 4.58. The van der Waals surface area contributed by atoms with Gasteiger partial charge in [0.25, 0.3) is 0 Å². The minimum Gasteiger partial charge on any atom is -0.444 e. The lowest BCUT2D eigenvalue weighted by Gasteiger charge is -2.38. The van der Waals surface area contributed by atoms with Gasteiger partial charge >= 0.3 is 12.3 Å². The molecule has 2 unspecified atom stereocenters. The number of piperazine rings is 1. The van der Waals surface area contributed by atoms with E-state index in [0.717, 1.165) is 6.07 Å². The zero-order valence-electron chi connectivity index (χ0n) is 18.0. The van der Waals surface area contributed by atoms with Gasteiger partial charge in [0.1, 0.15) is 17.6 Å². The van der Waals surface area contributed by atoms with Crippen LogP contribution in [0.3, 0.4) is 0 Å². The Hall–Kier alpha value is -3.41. The fourth-order valence-corrected chi connectivity index (χ4v) is 4.23. The predicted octanol–water partition coefficient (Wildman–Crippen LogP) is 2.68. The molecule has 4 heterocycles. The molecule has 0 aromatic carbocycles. The predicted molar refractivity (Wildman–Crippen MR) is 113 cm³/mol. The lowest BCUT2D eigenvalue weighted by molar-refractivity contribution is -0.138. The lowest BCUT2D eigenvalue weighted by atomic mass is 9.97. The molecule has 2 fully saturated rings. The van der Waals surface area contributed by atoms with E-state index in [1.54, 1.807) is 9.80 Å². The van der Waals surface area contributed by atoms with Crippen LogP contribution in [-0.4, -0.2) is 58.5 Å². The molecule has 2 aliphatic rings. The smallest absolute Gasteiger partial charge is 0.418 e. The van der Waals surface area contributed by atoms with Gasteiger partial charge in [-0.25, -0.2) is 20.6 Å². The number of rotatable bonds is 5. The molecule has 2 aliphatic heterocycles. The Kier molecular flexibility index (Phi) is 5.87. The molecule has 2 aromatic heterocycles. The van der Waals surface area contributed by atoms with Crippen LogP contribution in [-0.2, 0) is 10.9 Å². The number of hydrogen-bond acceptors (Lipinski definition) is 8. The molecule has 2 saturated heterocycles. The van der Waals surface area contributed by atoms with Gasteiger partial charge in [-0.1, -0.05) is 13.8 Å². The fourth-order valence-electron chi connectivity index (χ4n) is 4.23. The number of amides is 1. The van der Waals surface area contributed by atoms with Gasteiger partial charge in [-0.15, -0.1) is 0 Å². The van der Waals surface area contributed by atoms with Crippen molar-refractivity contribution in [2.24, 2.45) is 11.8 Å².